The molecule has 1 aliphatic heterocycles. The topological polar surface area (TPSA) is 67.2 Å². The van der Waals surface area contributed by atoms with Crippen LogP contribution in [0.4, 0.5) is 0 Å². The van der Waals surface area contributed by atoms with E-state index in [2.05, 4.69) is 5.32 Å². The van der Waals surface area contributed by atoms with Crippen molar-refractivity contribution in [2.75, 3.05) is 6.54 Å². The molecule has 0 radical (unpaired) electrons. The molecule has 0 aliphatic carbocycles. The van der Waals surface area contributed by atoms with Gasteiger partial charge in [0.05, 0.1) is 23.5 Å². The molecule has 0 saturated heterocycles. The van der Waals surface area contributed by atoms with Crippen molar-refractivity contribution >= 4 is 22.8 Å². The number of para-hydroxylation sites is 2. The number of carbonyl (C=O) groups is 2. The molecule has 1 aromatic heterocycles. The van der Waals surface area contributed by atoms with Gasteiger partial charge in [0.2, 0.25) is 11.8 Å². The normalized spacial score (nSPS) is 17.6. The maximum absolute atomic E-state index is 13.8. The van der Waals surface area contributed by atoms with Crippen molar-refractivity contribution in [3.63, 3.8) is 0 Å². The Labute approximate surface area is 199 Å². The summed E-state index contributed by atoms with van der Waals surface area (Å²) in [5.41, 5.74) is 3.95. The average molecular weight is 453 g/mol. The van der Waals surface area contributed by atoms with E-state index >= 15 is 0 Å². The number of amides is 2. The molecule has 0 saturated carbocycles. The van der Waals surface area contributed by atoms with Crippen LogP contribution in [-0.4, -0.2) is 32.8 Å². The predicted molar refractivity (Wildman–Crippen MR) is 132 cm³/mol. The van der Waals surface area contributed by atoms with Crippen molar-refractivity contribution in [3.05, 3.63) is 102 Å². The van der Waals surface area contributed by atoms with Gasteiger partial charge in [-0.1, -0.05) is 72.8 Å². The number of fused-ring (bicyclic) bond motifs is 3. The molecule has 0 fully saturated rings. The minimum atomic E-state index is -0.626. The van der Waals surface area contributed by atoms with Crippen LogP contribution in [-0.2, 0) is 22.6 Å². The lowest BCUT2D eigenvalue weighted by Gasteiger charge is -2.38. The zero-order chi connectivity index (χ0) is 23.5. The highest BCUT2D eigenvalue weighted by Crippen LogP contribution is 2.37. The third kappa shape index (κ3) is 4.31. The van der Waals surface area contributed by atoms with Gasteiger partial charge in [-0.05, 0) is 36.6 Å². The van der Waals surface area contributed by atoms with Crippen molar-refractivity contribution in [1.82, 2.24) is 19.8 Å². The van der Waals surface area contributed by atoms with Crippen LogP contribution < -0.4 is 5.32 Å². The van der Waals surface area contributed by atoms with Crippen molar-refractivity contribution in [2.24, 2.45) is 0 Å². The Balaban J connectivity index is 1.40. The number of rotatable bonds is 7. The second-order valence-corrected chi connectivity index (χ2v) is 8.76. The fourth-order valence-corrected chi connectivity index (χ4v) is 4.73. The summed E-state index contributed by atoms with van der Waals surface area (Å²) in [6.45, 7) is 3.02. The summed E-state index contributed by atoms with van der Waals surface area (Å²) in [6, 6.07) is 27.0. The first kappa shape index (κ1) is 21.9. The molecule has 6 heteroatoms. The van der Waals surface area contributed by atoms with E-state index in [1.165, 1.54) is 5.56 Å². The molecular weight excluding hydrogens is 424 g/mol. The van der Waals surface area contributed by atoms with Crippen LogP contribution in [0.5, 0.6) is 0 Å². The molecular formula is C28H28N4O2. The summed E-state index contributed by atoms with van der Waals surface area (Å²) in [4.78, 5) is 33.4. The summed E-state index contributed by atoms with van der Waals surface area (Å²) >= 11 is 0. The summed E-state index contributed by atoms with van der Waals surface area (Å²) in [5.74, 6) is 0.635. The molecule has 3 aromatic carbocycles. The van der Waals surface area contributed by atoms with E-state index in [1.54, 1.807) is 0 Å². The van der Waals surface area contributed by atoms with Gasteiger partial charge in [0.15, 0.2) is 0 Å². The van der Waals surface area contributed by atoms with E-state index in [1.807, 2.05) is 101 Å². The molecule has 6 nitrogen and oxygen atoms in total. The van der Waals surface area contributed by atoms with Crippen LogP contribution in [0.25, 0.3) is 11.0 Å². The van der Waals surface area contributed by atoms with Crippen LogP contribution in [0, 0.1) is 0 Å². The Kier molecular flexibility index (Phi) is 6.12. The van der Waals surface area contributed by atoms with E-state index in [9.17, 15) is 9.59 Å². The second kappa shape index (κ2) is 9.51. The second-order valence-electron chi connectivity index (χ2n) is 8.76. The lowest BCUT2D eigenvalue weighted by atomic mass is 10.0. The Hall–Kier alpha value is -3.93. The Morgan fingerprint density at radius 3 is 2.29 bits per heavy atom. The lowest BCUT2D eigenvalue weighted by molar-refractivity contribution is -0.142. The van der Waals surface area contributed by atoms with Gasteiger partial charge in [-0.2, -0.15) is 0 Å². The first-order valence-corrected chi connectivity index (χ1v) is 11.7. The molecule has 172 valence electrons. The third-order valence-corrected chi connectivity index (χ3v) is 6.50. The van der Waals surface area contributed by atoms with Crippen LogP contribution in [0.15, 0.2) is 84.9 Å². The van der Waals surface area contributed by atoms with Crippen LogP contribution in [0.3, 0.4) is 0 Å². The minimum Gasteiger partial charge on any atom is -0.356 e. The fourth-order valence-electron chi connectivity index (χ4n) is 4.73. The summed E-state index contributed by atoms with van der Waals surface area (Å²) < 4.78 is 1.97. The van der Waals surface area contributed by atoms with E-state index in [0.29, 0.717) is 13.1 Å². The maximum Gasteiger partial charge on any atom is 0.247 e. The van der Waals surface area contributed by atoms with Crippen LogP contribution >= 0.6 is 0 Å². The van der Waals surface area contributed by atoms with Gasteiger partial charge < -0.3 is 14.8 Å². The highest BCUT2D eigenvalue weighted by atomic mass is 16.2. The smallest absolute Gasteiger partial charge is 0.247 e. The fraction of sp³-hybridized carbons (Fsp3) is 0.250. The molecule has 0 spiro atoms. The SMILES string of the molecule is C[C@H]1c2nc3ccccc3n2[C@@H](CC(=O)NCCc2ccccc2)C(=O)N1Cc1ccccc1. The Bertz CT molecular complexity index is 1300. The average Bonchev–Trinajstić information content (AvgIpc) is 3.25. The minimum absolute atomic E-state index is 0.0507. The van der Waals surface area contributed by atoms with Crippen molar-refractivity contribution in [2.45, 2.75) is 38.4 Å². The molecule has 2 amide bonds. The number of benzene rings is 3. The van der Waals surface area contributed by atoms with Crippen molar-refractivity contribution in [3.8, 4) is 0 Å². The van der Waals surface area contributed by atoms with E-state index in [-0.39, 0.29) is 24.3 Å². The summed E-state index contributed by atoms with van der Waals surface area (Å²) in [7, 11) is 0. The number of hydrogen-bond donors (Lipinski definition) is 1. The predicted octanol–water partition coefficient (Wildman–Crippen LogP) is 4.43. The number of nitrogens with zero attached hydrogens (tertiary/aromatic N) is 3. The van der Waals surface area contributed by atoms with E-state index < -0.39 is 6.04 Å². The highest BCUT2D eigenvalue weighted by Gasteiger charge is 2.40. The van der Waals surface area contributed by atoms with Gasteiger partial charge in [0, 0.05) is 13.1 Å². The molecule has 2 heterocycles. The Morgan fingerprint density at radius 2 is 1.56 bits per heavy atom. The number of hydrogen-bond acceptors (Lipinski definition) is 3. The van der Waals surface area contributed by atoms with Gasteiger partial charge in [-0.15, -0.1) is 0 Å². The van der Waals surface area contributed by atoms with E-state index in [4.69, 9.17) is 4.98 Å². The van der Waals surface area contributed by atoms with Crippen molar-refractivity contribution < 1.29 is 9.59 Å². The molecule has 1 aliphatic rings. The van der Waals surface area contributed by atoms with Gasteiger partial charge >= 0.3 is 0 Å². The first-order valence-electron chi connectivity index (χ1n) is 11.7. The zero-order valence-electron chi connectivity index (χ0n) is 19.2. The third-order valence-electron chi connectivity index (χ3n) is 6.50. The van der Waals surface area contributed by atoms with E-state index in [0.717, 1.165) is 28.8 Å². The highest BCUT2D eigenvalue weighted by molar-refractivity contribution is 5.90. The molecule has 0 bridgehead atoms. The number of aromatic nitrogens is 2. The Morgan fingerprint density at radius 1 is 0.912 bits per heavy atom. The molecule has 2 atom stereocenters. The largest absolute Gasteiger partial charge is 0.356 e. The zero-order valence-corrected chi connectivity index (χ0v) is 19.2. The molecule has 1 N–H and O–H groups in total. The monoisotopic (exact) mass is 452 g/mol. The van der Waals surface area contributed by atoms with Crippen LogP contribution in [0.1, 0.15) is 42.4 Å². The van der Waals surface area contributed by atoms with Gasteiger partial charge in [0.1, 0.15) is 11.9 Å². The standard InChI is InChI=1S/C28H28N4O2/c1-20-27-30-23-14-8-9-15-24(23)32(27)25(28(34)31(20)19-22-12-6-3-7-13-22)18-26(33)29-17-16-21-10-4-2-5-11-21/h2-15,20,25H,16-19H2,1H3,(H,29,33)/t20-,25-/m0/s1. The summed E-state index contributed by atoms with van der Waals surface area (Å²) in [6.07, 6.45) is 0.834. The molecule has 34 heavy (non-hydrogen) atoms. The molecule has 5 rings (SSSR count). The number of nitrogens with one attached hydrogen (secondary N) is 1. The van der Waals surface area contributed by atoms with Crippen LogP contribution in [0.2, 0.25) is 0 Å². The maximum atomic E-state index is 13.8. The van der Waals surface area contributed by atoms with Gasteiger partial charge in [0.25, 0.3) is 0 Å². The molecule has 4 aromatic rings. The first-order chi connectivity index (χ1) is 16.6. The number of carbonyl (C=O) groups excluding carboxylic acids is 2. The quantitative estimate of drug-likeness (QED) is 0.451. The lowest BCUT2D eigenvalue weighted by Crippen LogP contribution is -2.46. The number of imidazole rings is 1. The summed E-state index contributed by atoms with van der Waals surface area (Å²) in [5, 5.41) is 3.00. The van der Waals surface area contributed by atoms with Crippen molar-refractivity contribution in [1.29, 1.82) is 0 Å². The molecule has 0 unspecified atom stereocenters. The van der Waals surface area contributed by atoms with Gasteiger partial charge in [-0.25, -0.2) is 4.98 Å². The van der Waals surface area contributed by atoms with Gasteiger partial charge in [-0.3, -0.25) is 9.59 Å².